The van der Waals surface area contributed by atoms with Crippen LogP contribution in [0.15, 0.2) is 60.1 Å². The van der Waals surface area contributed by atoms with Crippen LogP contribution in [0.2, 0.25) is 0 Å². The van der Waals surface area contributed by atoms with Crippen molar-refractivity contribution in [1.82, 2.24) is 20.5 Å². The van der Waals surface area contributed by atoms with Crippen LogP contribution in [-0.4, -0.2) is 28.4 Å². The van der Waals surface area contributed by atoms with E-state index in [1.54, 1.807) is 17.3 Å². The van der Waals surface area contributed by atoms with Crippen LogP contribution in [0.3, 0.4) is 0 Å². The number of hydrogen-bond donors (Lipinski definition) is 2. The van der Waals surface area contributed by atoms with Gasteiger partial charge < -0.3 is 15.5 Å². The van der Waals surface area contributed by atoms with Crippen molar-refractivity contribution in [2.45, 2.75) is 19.5 Å². The maximum absolute atomic E-state index is 13.0. The third kappa shape index (κ3) is 2.87. The molecule has 6 nitrogen and oxygen atoms in total. The van der Waals surface area contributed by atoms with Gasteiger partial charge in [0.1, 0.15) is 0 Å². The molecule has 0 saturated carbocycles. The minimum atomic E-state index is -0.421. The minimum Gasteiger partial charge on any atom is -0.329 e. The number of carbonyl (C=O) groups is 2. The predicted molar refractivity (Wildman–Crippen MR) is 92.3 cm³/mol. The summed E-state index contributed by atoms with van der Waals surface area (Å²) in [5.74, 6) is -0.0584. The van der Waals surface area contributed by atoms with Gasteiger partial charge in [-0.25, -0.2) is 4.79 Å². The van der Waals surface area contributed by atoms with E-state index in [1.165, 1.54) is 0 Å². The zero-order valence-corrected chi connectivity index (χ0v) is 13.8. The first-order valence-electron chi connectivity index (χ1n) is 8.17. The highest BCUT2D eigenvalue weighted by Crippen LogP contribution is 2.33. The molecule has 6 heteroatoms. The first-order chi connectivity index (χ1) is 12.1. The summed E-state index contributed by atoms with van der Waals surface area (Å²) >= 11 is 0. The molecule has 126 valence electrons. The number of amides is 3. The van der Waals surface area contributed by atoms with Gasteiger partial charge >= 0.3 is 6.03 Å². The Kier molecular flexibility index (Phi) is 3.72. The lowest BCUT2D eigenvalue weighted by Crippen LogP contribution is -2.44. The number of hydrogen-bond acceptors (Lipinski definition) is 3. The van der Waals surface area contributed by atoms with Crippen molar-refractivity contribution in [3.63, 3.8) is 0 Å². The molecule has 0 unspecified atom stereocenters. The summed E-state index contributed by atoms with van der Waals surface area (Å²) in [6, 6.07) is 11.0. The topological polar surface area (TPSA) is 74.3 Å². The molecule has 25 heavy (non-hydrogen) atoms. The summed E-state index contributed by atoms with van der Waals surface area (Å²) in [7, 11) is 0. The quantitative estimate of drug-likeness (QED) is 0.902. The number of aromatic nitrogens is 1. The van der Waals surface area contributed by atoms with Crippen LogP contribution in [0.5, 0.6) is 0 Å². The normalized spacial score (nSPS) is 19.6. The van der Waals surface area contributed by atoms with Gasteiger partial charge in [-0.1, -0.05) is 35.9 Å². The summed E-state index contributed by atoms with van der Waals surface area (Å²) in [6.07, 6.45) is 3.45. The van der Waals surface area contributed by atoms with Crippen molar-refractivity contribution in [1.29, 1.82) is 0 Å². The van der Waals surface area contributed by atoms with E-state index in [0.717, 1.165) is 16.7 Å². The molecule has 1 aromatic carbocycles. The summed E-state index contributed by atoms with van der Waals surface area (Å²) in [6.45, 7) is 2.88. The number of rotatable bonds is 3. The van der Waals surface area contributed by atoms with Crippen LogP contribution in [0.25, 0.3) is 0 Å². The molecule has 0 saturated heterocycles. The highest BCUT2D eigenvalue weighted by atomic mass is 16.2. The molecule has 1 atom stereocenters. The van der Waals surface area contributed by atoms with Gasteiger partial charge in [-0.2, -0.15) is 0 Å². The van der Waals surface area contributed by atoms with Crippen LogP contribution in [0, 0.1) is 6.92 Å². The van der Waals surface area contributed by atoms with Gasteiger partial charge in [0.2, 0.25) is 0 Å². The zero-order chi connectivity index (χ0) is 17.4. The lowest BCUT2D eigenvalue weighted by molar-refractivity contribution is -0.126. The van der Waals surface area contributed by atoms with E-state index in [1.807, 2.05) is 43.3 Å². The average Bonchev–Trinajstić information content (AvgIpc) is 2.91. The smallest absolute Gasteiger partial charge is 0.319 e. The Bertz CT molecular complexity index is 859. The number of carbonyl (C=O) groups excluding carboxylic acids is 2. The van der Waals surface area contributed by atoms with Crippen LogP contribution in [0.1, 0.15) is 22.7 Å². The largest absolute Gasteiger partial charge is 0.329 e. The van der Waals surface area contributed by atoms with E-state index in [0.29, 0.717) is 24.4 Å². The van der Waals surface area contributed by atoms with Crippen molar-refractivity contribution in [3.8, 4) is 0 Å². The molecule has 0 bridgehead atoms. The van der Waals surface area contributed by atoms with Gasteiger partial charge in [0.15, 0.2) is 0 Å². The number of pyridine rings is 1. The van der Waals surface area contributed by atoms with Gasteiger partial charge in [-0.05, 0) is 24.1 Å². The highest BCUT2D eigenvalue weighted by Gasteiger charge is 2.40. The number of aryl methyl sites for hydroxylation is 1. The molecule has 0 aliphatic carbocycles. The van der Waals surface area contributed by atoms with Crippen LogP contribution in [-0.2, 0) is 11.3 Å². The zero-order valence-electron chi connectivity index (χ0n) is 13.8. The summed E-state index contributed by atoms with van der Waals surface area (Å²) < 4.78 is 0. The molecule has 0 radical (unpaired) electrons. The monoisotopic (exact) mass is 334 g/mol. The van der Waals surface area contributed by atoms with Gasteiger partial charge in [0.25, 0.3) is 5.91 Å². The summed E-state index contributed by atoms with van der Waals surface area (Å²) in [5.41, 5.74) is 4.30. The predicted octanol–water partition coefficient (Wildman–Crippen LogP) is 2.04. The third-order valence-electron chi connectivity index (χ3n) is 4.53. The van der Waals surface area contributed by atoms with E-state index in [4.69, 9.17) is 0 Å². The van der Waals surface area contributed by atoms with Crippen molar-refractivity contribution in [2.75, 3.05) is 6.54 Å². The molecule has 3 heterocycles. The molecule has 2 aliphatic heterocycles. The number of urea groups is 1. The number of benzene rings is 1. The van der Waals surface area contributed by atoms with Crippen molar-refractivity contribution in [3.05, 3.63) is 76.8 Å². The lowest BCUT2D eigenvalue weighted by atomic mass is 9.95. The fourth-order valence-corrected chi connectivity index (χ4v) is 3.28. The SMILES string of the molecule is Cc1ccc([C@H]2NC(=O)NC3=C2C(=O)N(Cc2cccnc2)C3)cc1. The second-order valence-corrected chi connectivity index (χ2v) is 6.36. The Labute approximate surface area is 145 Å². The minimum absolute atomic E-state index is 0.0584. The summed E-state index contributed by atoms with van der Waals surface area (Å²) in [5, 5.41) is 5.66. The van der Waals surface area contributed by atoms with E-state index in [9.17, 15) is 9.59 Å². The van der Waals surface area contributed by atoms with E-state index < -0.39 is 6.04 Å². The van der Waals surface area contributed by atoms with E-state index >= 15 is 0 Å². The molecule has 0 spiro atoms. The maximum atomic E-state index is 13.0. The van der Waals surface area contributed by atoms with Crippen molar-refractivity contribution >= 4 is 11.9 Å². The molecule has 1 aromatic heterocycles. The third-order valence-corrected chi connectivity index (χ3v) is 4.53. The fraction of sp³-hybridized carbons (Fsp3) is 0.211. The molecule has 2 N–H and O–H groups in total. The average molecular weight is 334 g/mol. The molecule has 2 aliphatic rings. The summed E-state index contributed by atoms with van der Waals surface area (Å²) in [4.78, 5) is 30.8. The Morgan fingerprint density at radius 1 is 1.20 bits per heavy atom. The first-order valence-corrected chi connectivity index (χ1v) is 8.17. The van der Waals surface area contributed by atoms with Crippen LogP contribution < -0.4 is 10.6 Å². The first kappa shape index (κ1) is 15.4. The van der Waals surface area contributed by atoms with E-state index in [-0.39, 0.29) is 11.9 Å². The standard InChI is InChI=1S/C19H18N4O2/c1-12-4-6-14(7-5-12)17-16-15(21-19(25)22-17)11-23(18(16)24)10-13-3-2-8-20-9-13/h2-9,17H,10-11H2,1H3,(H2,21,22,25)/t17-/m1/s1. The number of nitrogens with zero attached hydrogens (tertiary/aromatic N) is 2. The Morgan fingerprint density at radius 3 is 2.72 bits per heavy atom. The molecule has 0 fully saturated rings. The van der Waals surface area contributed by atoms with Crippen molar-refractivity contribution < 1.29 is 9.59 Å². The second kappa shape index (κ2) is 6.05. The number of nitrogens with one attached hydrogen (secondary N) is 2. The highest BCUT2D eigenvalue weighted by molar-refractivity contribution is 6.01. The molecular formula is C19H18N4O2. The van der Waals surface area contributed by atoms with Crippen LogP contribution >= 0.6 is 0 Å². The van der Waals surface area contributed by atoms with E-state index in [2.05, 4.69) is 15.6 Å². The van der Waals surface area contributed by atoms with Gasteiger partial charge in [-0.3, -0.25) is 9.78 Å². The second-order valence-electron chi connectivity index (χ2n) is 6.36. The van der Waals surface area contributed by atoms with Gasteiger partial charge in [0, 0.05) is 18.9 Å². The maximum Gasteiger partial charge on any atom is 0.319 e. The lowest BCUT2D eigenvalue weighted by Gasteiger charge is -2.25. The Balaban J connectivity index is 1.63. The van der Waals surface area contributed by atoms with Crippen molar-refractivity contribution in [2.24, 2.45) is 0 Å². The van der Waals surface area contributed by atoms with Crippen LogP contribution in [0.4, 0.5) is 4.79 Å². The Morgan fingerprint density at radius 2 is 2.00 bits per heavy atom. The Hall–Kier alpha value is -3.15. The van der Waals surface area contributed by atoms with Gasteiger partial charge in [0.05, 0.1) is 23.9 Å². The molecule has 4 rings (SSSR count). The fourth-order valence-electron chi connectivity index (χ4n) is 3.28. The van der Waals surface area contributed by atoms with Gasteiger partial charge in [-0.15, -0.1) is 0 Å². The molecular weight excluding hydrogens is 316 g/mol. The molecule has 3 amide bonds. The molecule has 2 aromatic rings.